The summed E-state index contributed by atoms with van der Waals surface area (Å²) < 4.78 is 38.6. The van der Waals surface area contributed by atoms with Gasteiger partial charge in [0.05, 0.1) is 62.7 Å². The van der Waals surface area contributed by atoms with E-state index in [0.29, 0.717) is 51.6 Å². The lowest BCUT2D eigenvalue weighted by Crippen LogP contribution is -2.10. The van der Waals surface area contributed by atoms with Gasteiger partial charge in [-0.15, -0.1) is 0 Å². The Morgan fingerprint density at radius 3 is 2.37 bits per heavy atom. The Bertz CT molecular complexity index is 1630. The van der Waals surface area contributed by atoms with Gasteiger partial charge in [-0.1, -0.05) is 18.2 Å². The summed E-state index contributed by atoms with van der Waals surface area (Å²) in [6.07, 6.45) is -1.45. The number of rotatable bonds is 9. The van der Waals surface area contributed by atoms with Crippen LogP contribution in [0.1, 0.15) is 12.5 Å². The lowest BCUT2D eigenvalue weighted by molar-refractivity contribution is 0.141. The quantitative estimate of drug-likeness (QED) is 0.232. The van der Waals surface area contributed by atoms with E-state index in [1.165, 1.54) is 7.11 Å². The predicted octanol–water partition coefficient (Wildman–Crippen LogP) is 5.84. The minimum atomic E-state index is -1.45. The summed E-state index contributed by atoms with van der Waals surface area (Å²) >= 11 is 1.14. The molecule has 38 heavy (non-hydrogen) atoms. The van der Waals surface area contributed by atoms with Crippen LogP contribution in [0.5, 0.6) is 28.9 Å². The smallest absolute Gasteiger partial charge is 0.497 e. The first-order valence-corrected chi connectivity index (χ1v) is 12.4. The molecule has 0 bridgehead atoms. The zero-order chi connectivity index (χ0) is 26.8. The van der Waals surface area contributed by atoms with Crippen LogP contribution >= 0.6 is 11.7 Å². The van der Waals surface area contributed by atoms with Gasteiger partial charge in [0.25, 0.3) is 0 Å². The minimum Gasteiger partial charge on any atom is -0.497 e. The van der Waals surface area contributed by atoms with Crippen molar-refractivity contribution in [3.05, 3.63) is 54.1 Å². The van der Waals surface area contributed by atoms with E-state index < -0.39 is 6.16 Å². The molecular formula is C27H25N3O7S. The van der Waals surface area contributed by atoms with E-state index >= 15 is 0 Å². The van der Waals surface area contributed by atoms with Crippen LogP contribution in [0.4, 0.5) is 4.79 Å². The molecule has 10 nitrogen and oxygen atoms in total. The number of nitrogens with zero attached hydrogens (tertiary/aromatic N) is 3. The van der Waals surface area contributed by atoms with Crippen LogP contribution in [0.25, 0.3) is 33.1 Å². The van der Waals surface area contributed by atoms with Crippen LogP contribution < -0.4 is 23.7 Å². The zero-order valence-corrected chi connectivity index (χ0v) is 22.0. The second-order valence-corrected chi connectivity index (χ2v) is 8.75. The van der Waals surface area contributed by atoms with Crippen LogP contribution in [-0.4, -0.2) is 52.5 Å². The van der Waals surface area contributed by atoms with Gasteiger partial charge in [-0.2, -0.15) is 8.75 Å². The maximum Gasteiger partial charge on any atom is 0.512 e. The Kier molecular flexibility index (Phi) is 6.93. The van der Waals surface area contributed by atoms with Crippen LogP contribution in [-0.2, 0) is 6.54 Å². The van der Waals surface area contributed by atoms with Crippen LogP contribution in [0.15, 0.2) is 48.5 Å². The molecule has 0 fully saturated rings. The number of fused-ring (bicyclic) bond motifs is 2. The van der Waals surface area contributed by atoms with Crippen molar-refractivity contribution in [2.75, 3.05) is 27.9 Å². The molecule has 1 N–H and O–H groups in total. The summed E-state index contributed by atoms with van der Waals surface area (Å²) in [5.41, 5.74) is 4.31. The van der Waals surface area contributed by atoms with Gasteiger partial charge in [0.15, 0.2) is 11.5 Å². The van der Waals surface area contributed by atoms with Crippen LogP contribution in [0.2, 0.25) is 0 Å². The highest BCUT2D eigenvalue weighted by Crippen LogP contribution is 2.52. The second kappa shape index (κ2) is 10.5. The predicted molar refractivity (Wildman–Crippen MR) is 143 cm³/mol. The molecule has 0 saturated carbocycles. The van der Waals surface area contributed by atoms with Crippen molar-refractivity contribution in [3.63, 3.8) is 0 Å². The van der Waals surface area contributed by atoms with E-state index in [4.69, 9.17) is 23.7 Å². The molecule has 196 valence electrons. The van der Waals surface area contributed by atoms with Gasteiger partial charge in [-0.25, -0.2) is 4.79 Å². The summed E-state index contributed by atoms with van der Waals surface area (Å²) in [6, 6.07) is 14.8. The lowest BCUT2D eigenvalue weighted by Gasteiger charge is -2.16. The van der Waals surface area contributed by atoms with E-state index in [-0.39, 0.29) is 12.4 Å². The van der Waals surface area contributed by atoms with E-state index in [1.54, 1.807) is 37.0 Å². The summed E-state index contributed by atoms with van der Waals surface area (Å²) in [6.45, 7) is 2.51. The van der Waals surface area contributed by atoms with Gasteiger partial charge < -0.3 is 33.4 Å². The van der Waals surface area contributed by atoms with Crippen molar-refractivity contribution in [1.29, 1.82) is 0 Å². The first-order valence-electron chi connectivity index (χ1n) is 11.7. The third-order valence-electron chi connectivity index (χ3n) is 6.12. The molecule has 0 aliphatic carbocycles. The Balaban J connectivity index is 1.86. The van der Waals surface area contributed by atoms with Gasteiger partial charge in [-0.3, -0.25) is 0 Å². The van der Waals surface area contributed by atoms with Gasteiger partial charge in [0.1, 0.15) is 16.8 Å². The minimum absolute atomic E-state index is 0.128. The first kappa shape index (κ1) is 25.2. The fourth-order valence-electron chi connectivity index (χ4n) is 4.52. The molecule has 11 heteroatoms. The summed E-state index contributed by atoms with van der Waals surface area (Å²) in [7, 11) is 4.66. The largest absolute Gasteiger partial charge is 0.512 e. The standard InChI is InChI=1S/C27H25N3O7S/c1-5-36-24-21(34-3)13-20-23(25(24)35-4)22(16-7-9-17(33-2)10-8-16)26(37-27(31)32)30(20)14-15-6-11-18-19(12-15)29-38-28-18/h6-13H,5,14H2,1-4H3,(H,31,32). The molecular weight excluding hydrogens is 510 g/mol. The molecule has 5 rings (SSSR count). The van der Waals surface area contributed by atoms with E-state index in [2.05, 4.69) is 8.75 Å². The monoisotopic (exact) mass is 535 g/mol. The van der Waals surface area contributed by atoms with Crippen molar-refractivity contribution in [2.45, 2.75) is 13.5 Å². The van der Waals surface area contributed by atoms with Gasteiger partial charge in [-0.05, 0) is 42.3 Å². The highest BCUT2D eigenvalue weighted by atomic mass is 32.1. The number of hydrogen-bond donors (Lipinski definition) is 1. The Morgan fingerprint density at radius 2 is 1.71 bits per heavy atom. The fraction of sp³-hybridized carbons (Fsp3) is 0.222. The Morgan fingerprint density at radius 1 is 0.947 bits per heavy atom. The molecule has 0 aliphatic heterocycles. The van der Waals surface area contributed by atoms with Gasteiger partial charge in [0, 0.05) is 6.07 Å². The van der Waals surface area contributed by atoms with E-state index in [0.717, 1.165) is 28.3 Å². The Hall–Kier alpha value is -4.51. The number of methoxy groups -OCH3 is 3. The third kappa shape index (κ3) is 4.41. The molecule has 0 unspecified atom stereocenters. The summed E-state index contributed by atoms with van der Waals surface area (Å²) in [5, 5.41) is 10.4. The molecule has 0 amide bonds. The molecule has 5 aromatic rings. The maximum atomic E-state index is 12.0. The zero-order valence-electron chi connectivity index (χ0n) is 21.2. The molecule has 0 atom stereocenters. The molecule has 2 heterocycles. The van der Waals surface area contributed by atoms with Gasteiger partial charge >= 0.3 is 6.16 Å². The highest BCUT2D eigenvalue weighted by Gasteiger charge is 2.29. The average Bonchev–Trinajstić information content (AvgIpc) is 3.50. The van der Waals surface area contributed by atoms with Crippen molar-refractivity contribution in [2.24, 2.45) is 0 Å². The van der Waals surface area contributed by atoms with E-state index in [1.807, 2.05) is 37.3 Å². The summed E-state index contributed by atoms with van der Waals surface area (Å²) in [4.78, 5) is 12.0. The molecule has 0 aliphatic rings. The van der Waals surface area contributed by atoms with E-state index in [9.17, 15) is 9.90 Å². The third-order valence-corrected chi connectivity index (χ3v) is 6.67. The first-order chi connectivity index (χ1) is 18.5. The summed E-state index contributed by atoms with van der Waals surface area (Å²) in [5.74, 6) is 2.04. The van der Waals surface area contributed by atoms with Crippen molar-refractivity contribution >= 4 is 39.8 Å². The second-order valence-electron chi connectivity index (χ2n) is 8.22. The Labute approximate surface area is 222 Å². The number of aromatic nitrogens is 3. The van der Waals surface area contributed by atoms with Gasteiger partial charge in [0.2, 0.25) is 11.6 Å². The van der Waals surface area contributed by atoms with Crippen LogP contribution in [0.3, 0.4) is 0 Å². The molecule has 0 saturated heterocycles. The number of benzene rings is 3. The molecule has 3 aromatic carbocycles. The lowest BCUT2D eigenvalue weighted by atomic mass is 10.0. The number of hydrogen-bond acceptors (Lipinski definition) is 9. The fourth-order valence-corrected chi connectivity index (χ4v) is 5.03. The highest BCUT2D eigenvalue weighted by molar-refractivity contribution is 7.00. The number of ether oxygens (including phenoxy) is 5. The molecule has 0 radical (unpaired) electrons. The normalized spacial score (nSPS) is 11.1. The number of carboxylic acid groups (broad SMARTS) is 1. The SMILES string of the molecule is CCOc1c(OC)cc2c(c1OC)c(-c1ccc(OC)cc1)c(OC(=O)O)n2Cc1ccc2nsnc2c1. The van der Waals surface area contributed by atoms with Crippen molar-refractivity contribution in [3.8, 4) is 40.0 Å². The maximum absolute atomic E-state index is 12.0. The molecule has 2 aromatic heterocycles. The van der Waals surface area contributed by atoms with Crippen molar-refractivity contribution < 1.29 is 33.6 Å². The van der Waals surface area contributed by atoms with Crippen LogP contribution in [0, 0.1) is 0 Å². The van der Waals surface area contributed by atoms with Crippen molar-refractivity contribution in [1.82, 2.24) is 13.3 Å². The topological polar surface area (TPSA) is 114 Å². The molecule has 0 spiro atoms. The average molecular weight is 536 g/mol. The number of carbonyl (C=O) groups is 1.